The van der Waals surface area contributed by atoms with Gasteiger partial charge in [0.2, 0.25) is 5.78 Å². The van der Waals surface area contributed by atoms with Crippen molar-refractivity contribution in [2.24, 2.45) is 28.6 Å². The van der Waals surface area contributed by atoms with E-state index in [-0.39, 0.29) is 36.4 Å². The summed E-state index contributed by atoms with van der Waals surface area (Å²) < 4.78 is 11.0. The molecule has 0 aliphatic heterocycles. The van der Waals surface area contributed by atoms with Crippen molar-refractivity contribution in [3.8, 4) is 11.5 Å². The van der Waals surface area contributed by atoms with Gasteiger partial charge < -0.3 is 19.7 Å². The van der Waals surface area contributed by atoms with E-state index in [9.17, 15) is 24.6 Å². The normalized spacial score (nSPS) is 34.9. The predicted octanol–water partition coefficient (Wildman–Crippen LogP) is 5.61. The van der Waals surface area contributed by atoms with Crippen LogP contribution in [0.15, 0.2) is 78.4 Å². The van der Waals surface area contributed by atoms with Crippen LogP contribution in [-0.2, 0) is 14.3 Å². The maximum atomic E-state index is 13.5. The van der Waals surface area contributed by atoms with Gasteiger partial charge in [0.1, 0.15) is 17.1 Å². The summed E-state index contributed by atoms with van der Waals surface area (Å²) in [6.07, 6.45) is 6.40. The molecule has 2 aromatic rings. The smallest absolute Gasteiger partial charge is 0.412 e. The SMILES string of the molecule is CC12C=CC(=O)C=C1CCC1C2[C@@H](O)CC2(C)C1CC[C@]2(O)C(=O)COC(=O)Nc1ccc(Oc2ccccc2)cc1. The summed E-state index contributed by atoms with van der Waals surface area (Å²) in [7, 11) is 0. The highest BCUT2D eigenvalue weighted by molar-refractivity contribution is 6.01. The van der Waals surface area contributed by atoms with Crippen molar-refractivity contribution in [3.05, 3.63) is 78.4 Å². The molecule has 1 amide bonds. The zero-order valence-electron chi connectivity index (χ0n) is 23.9. The molecule has 5 unspecified atom stereocenters. The molecular formula is C34H37NO7. The molecule has 0 saturated heterocycles. The third-order valence-electron chi connectivity index (χ3n) is 10.5. The molecule has 8 heteroatoms. The van der Waals surface area contributed by atoms with Gasteiger partial charge >= 0.3 is 6.09 Å². The van der Waals surface area contributed by atoms with Gasteiger partial charge in [0.25, 0.3) is 0 Å². The molecule has 0 bridgehead atoms. The lowest BCUT2D eigenvalue weighted by Crippen LogP contribution is -2.61. The van der Waals surface area contributed by atoms with E-state index in [4.69, 9.17) is 9.47 Å². The quantitative estimate of drug-likeness (QED) is 0.412. The number of fused-ring (bicyclic) bond motifs is 5. The van der Waals surface area contributed by atoms with Crippen LogP contribution in [0.4, 0.5) is 10.5 Å². The average molecular weight is 572 g/mol. The number of carbonyl (C=O) groups excluding carboxylic acids is 3. The molecular weight excluding hydrogens is 534 g/mol. The minimum Gasteiger partial charge on any atom is -0.457 e. The molecule has 8 nitrogen and oxygen atoms in total. The van der Waals surface area contributed by atoms with Crippen LogP contribution >= 0.6 is 0 Å². The number of para-hydroxylation sites is 1. The Balaban J connectivity index is 1.09. The van der Waals surface area contributed by atoms with Crippen molar-refractivity contribution in [2.45, 2.75) is 57.7 Å². The molecule has 0 radical (unpaired) electrons. The zero-order chi connectivity index (χ0) is 29.7. The third kappa shape index (κ3) is 4.67. The number of aliphatic hydroxyl groups excluding tert-OH is 1. The second-order valence-corrected chi connectivity index (χ2v) is 12.7. The van der Waals surface area contributed by atoms with Gasteiger partial charge in [0.05, 0.1) is 6.10 Å². The zero-order valence-corrected chi connectivity index (χ0v) is 23.9. The lowest BCUT2D eigenvalue weighted by molar-refractivity contribution is -0.178. The van der Waals surface area contributed by atoms with E-state index in [0.29, 0.717) is 23.6 Å². The van der Waals surface area contributed by atoms with Gasteiger partial charge in [0.15, 0.2) is 12.4 Å². The highest BCUT2D eigenvalue weighted by Crippen LogP contribution is 2.67. The van der Waals surface area contributed by atoms with Crippen LogP contribution < -0.4 is 10.1 Å². The lowest BCUT2D eigenvalue weighted by atomic mass is 9.46. The number of carbonyl (C=O) groups is 3. The van der Waals surface area contributed by atoms with Crippen molar-refractivity contribution in [3.63, 3.8) is 0 Å². The molecule has 0 spiro atoms. The minimum atomic E-state index is -1.71. The minimum absolute atomic E-state index is 0.0185. The Morgan fingerprint density at radius 2 is 1.74 bits per heavy atom. The van der Waals surface area contributed by atoms with Crippen LogP contribution in [0, 0.1) is 28.6 Å². The molecule has 4 aliphatic rings. The monoisotopic (exact) mass is 571 g/mol. The van der Waals surface area contributed by atoms with Crippen LogP contribution in [0.2, 0.25) is 0 Å². The lowest BCUT2D eigenvalue weighted by Gasteiger charge is -2.59. The third-order valence-corrected chi connectivity index (χ3v) is 10.5. The van der Waals surface area contributed by atoms with Crippen LogP contribution in [-0.4, -0.2) is 46.2 Å². The fraction of sp³-hybridized carbons (Fsp3) is 0.441. The number of amides is 1. The fourth-order valence-corrected chi connectivity index (χ4v) is 8.42. The molecule has 3 fully saturated rings. The number of Topliss-reactive ketones (excluding diaryl/α,β-unsaturated/α-hetero) is 1. The number of aliphatic hydroxyl groups is 2. The number of anilines is 1. The Bertz CT molecular complexity index is 1450. The van der Waals surface area contributed by atoms with Gasteiger partial charge in [-0.1, -0.05) is 43.7 Å². The number of hydrogen-bond acceptors (Lipinski definition) is 7. The standard InChI is InChI=1S/C34H37NO7/c1-32-16-14-23(36)18-21(32)8-13-26-27-15-17-34(40,33(27,2)19-28(37)30(26)32)29(38)20-41-31(39)35-22-9-11-25(12-10-22)42-24-6-4-3-5-7-24/h3-7,9-12,14,16,18,26-28,30,37,40H,8,13,15,17,19-20H2,1-2H3,(H,35,39)/t26?,27?,28-,30?,32?,33?,34-/m0/s1. The van der Waals surface area contributed by atoms with E-state index < -0.39 is 41.0 Å². The van der Waals surface area contributed by atoms with Gasteiger partial charge in [-0.25, -0.2) is 4.79 Å². The summed E-state index contributed by atoms with van der Waals surface area (Å²) in [4.78, 5) is 38.1. The van der Waals surface area contributed by atoms with Crippen molar-refractivity contribution in [1.82, 2.24) is 0 Å². The van der Waals surface area contributed by atoms with Gasteiger partial charge in [-0.3, -0.25) is 14.9 Å². The maximum Gasteiger partial charge on any atom is 0.412 e. The summed E-state index contributed by atoms with van der Waals surface area (Å²) in [6, 6.07) is 16.1. The summed E-state index contributed by atoms with van der Waals surface area (Å²) in [5.41, 5.74) is -1.46. The van der Waals surface area contributed by atoms with E-state index in [1.165, 1.54) is 0 Å². The van der Waals surface area contributed by atoms with Crippen LogP contribution in [0.25, 0.3) is 0 Å². The van der Waals surface area contributed by atoms with E-state index in [2.05, 4.69) is 12.2 Å². The number of nitrogens with one attached hydrogen (secondary N) is 1. The van der Waals surface area contributed by atoms with Crippen LogP contribution in [0.1, 0.15) is 46.0 Å². The molecule has 3 saturated carbocycles. The number of ketones is 2. The van der Waals surface area contributed by atoms with E-state index in [1.54, 1.807) is 36.4 Å². The van der Waals surface area contributed by atoms with Crippen molar-refractivity contribution in [2.75, 3.05) is 11.9 Å². The van der Waals surface area contributed by atoms with Crippen molar-refractivity contribution < 1.29 is 34.1 Å². The molecule has 220 valence electrons. The fourth-order valence-electron chi connectivity index (χ4n) is 8.42. The maximum absolute atomic E-state index is 13.5. The molecule has 2 aromatic carbocycles. The molecule has 0 heterocycles. The Hall–Kier alpha value is -3.75. The number of benzene rings is 2. The van der Waals surface area contributed by atoms with Crippen molar-refractivity contribution in [1.29, 1.82) is 0 Å². The van der Waals surface area contributed by atoms with Gasteiger partial charge in [0, 0.05) is 22.4 Å². The number of ether oxygens (including phenoxy) is 2. The van der Waals surface area contributed by atoms with Gasteiger partial charge in [-0.2, -0.15) is 0 Å². The first-order valence-corrected chi connectivity index (χ1v) is 14.7. The van der Waals surface area contributed by atoms with E-state index in [0.717, 1.165) is 18.4 Å². The van der Waals surface area contributed by atoms with Crippen LogP contribution in [0.3, 0.4) is 0 Å². The predicted molar refractivity (Wildman–Crippen MR) is 156 cm³/mol. The first-order chi connectivity index (χ1) is 20.0. The number of hydrogen-bond donors (Lipinski definition) is 3. The largest absolute Gasteiger partial charge is 0.457 e. The van der Waals surface area contributed by atoms with E-state index in [1.807, 2.05) is 43.3 Å². The topological polar surface area (TPSA) is 122 Å². The number of allylic oxidation sites excluding steroid dienone is 4. The van der Waals surface area contributed by atoms with Crippen molar-refractivity contribution >= 4 is 23.3 Å². The summed E-state index contributed by atoms with van der Waals surface area (Å²) in [6.45, 7) is 3.42. The number of rotatable bonds is 6. The summed E-state index contributed by atoms with van der Waals surface area (Å²) in [5.74, 6) is 0.753. The first kappa shape index (κ1) is 28.4. The highest BCUT2D eigenvalue weighted by Gasteiger charge is 2.68. The summed E-state index contributed by atoms with van der Waals surface area (Å²) >= 11 is 0. The van der Waals surface area contributed by atoms with E-state index >= 15 is 0 Å². The average Bonchev–Trinajstić information content (AvgIpc) is 3.24. The first-order valence-electron chi connectivity index (χ1n) is 14.7. The Kier molecular flexibility index (Phi) is 7.10. The molecule has 0 aromatic heterocycles. The second kappa shape index (κ2) is 10.5. The molecule has 4 aliphatic carbocycles. The Morgan fingerprint density at radius 3 is 2.48 bits per heavy atom. The summed E-state index contributed by atoms with van der Waals surface area (Å²) in [5, 5.41) is 26.0. The second-order valence-electron chi connectivity index (χ2n) is 12.7. The van der Waals surface area contributed by atoms with Gasteiger partial charge in [-0.15, -0.1) is 0 Å². The molecule has 42 heavy (non-hydrogen) atoms. The molecule has 6 rings (SSSR count). The van der Waals surface area contributed by atoms with Gasteiger partial charge in [-0.05, 0) is 92.5 Å². The Labute approximate surface area is 245 Å². The molecule has 3 N–H and O–H groups in total. The highest BCUT2D eigenvalue weighted by atomic mass is 16.6. The molecule has 7 atom stereocenters. The Morgan fingerprint density at radius 1 is 1.02 bits per heavy atom. The van der Waals surface area contributed by atoms with Crippen LogP contribution in [0.5, 0.6) is 11.5 Å².